The summed E-state index contributed by atoms with van der Waals surface area (Å²) in [7, 11) is 0. The molecule has 1 heterocycles. The third-order valence-corrected chi connectivity index (χ3v) is 4.51. The number of carbonyl (C=O) groups excluding carboxylic acids is 1. The second-order valence-corrected chi connectivity index (χ2v) is 6.17. The molecule has 0 aromatic heterocycles. The highest BCUT2D eigenvalue weighted by atomic mass is 16.1. The van der Waals surface area contributed by atoms with Gasteiger partial charge in [-0.3, -0.25) is 4.79 Å². The van der Waals surface area contributed by atoms with E-state index in [-0.39, 0.29) is 5.91 Å². The van der Waals surface area contributed by atoms with Gasteiger partial charge in [0, 0.05) is 13.0 Å². The van der Waals surface area contributed by atoms with Gasteiger partial charge in [0.25, 0.3) is 0 Å². The molecule has 98 valence electrons. The van der Waals surface area contributed by atoms with Crippen LogP contribution < -0.4 is 10.6 Å². The molecule has 1 saturated heterocycles. The first-order chi connectivity index (χ1) is 8.18. The summed E-state index contributed by atoms with van der Waals surface area (Å²) in [5.74, 6) is 1.03. The maximum Gasteiger partial charge on any atom is 0.220 e. The molecule has 0 spiro atoms. The van der Waals surface area contributed by atoms with Gasteiger partial charge in [0.1, 0.15) is 0 Å². The van der Waals surface area contributed by atoms with Crippen molar-refractivity contribution in [3.05, 3.63) is 0 Å². The minimum atomic E-state index is 0.261. The number of rotatable bonds is 5. The molecule has 0 bridgehead atoms. The average Bonchev–Trinajstić information content (AvgIpc) is 2.33. The quantitative estimate of drug-likeness (QED) is 0.770. The van der Waals surface area contributed by atoms with Gasteiger partial charge in [-0.2, -0.15) is 0 Å². The van der Waals surface area contributed by atoms with Crippen LogP contribution >= 0.6 is 0 Å². The van der Waals surface area contributed by atoms with E-state index in [9.17, 15) is 4.79 Å². The number of nitrogens with one attached hydrogen (secondary N) is 2. The molecule has 0 atom stereocenters. The monoisotopic (exact) mass is 238 g/mol. The molecule has 3 nitrogen and oxygen atoms in total. The van der Waals surface area contributed by atoms with Gasteiger partial charge in [-0.05, 0) is 56.5 Å². The van der Waals surface area contributed by atoms with E-state index in [4.69, 9.17) is 0 Å². The zero-order valence-electron chi connectivity index (χ0n) is 11.1. The smallest absolute Gasteiger partial charge is 0.220 e. The minimum absolute atomic E-state index is 0.261. The fraction of sp³-hybridized carbons (Fsp3) is 0.929. The second kappa shape index (κ2) is 5.85. The van der Waals surface area contributed by atoms with Gasteiger partial charge in [0.15, 0.2) is 0 Å². The standard InChI is InChI=1S/C14H26N2O/c1-14(7-2-8-14)11-16-13(17)4-3-12-5-9-15-10-6-12/h12,15H,2-11H2,1H3,(H,16,17). The molecule has 2 N–H and O–H groups in total. The van der Waals surface area contributed by atoms with Crippen molar-refractivity contribution in [2.75, 3.05) is 19.6 Å². The number of amides is 1. The Balaban J connectivity index is 1.57. The Kier molecular flexibility index (Phi) is 4.43. The SMILES string of the molecule is CC1(CNC(=O)CCC2CCNCC2)CCC1. The first-order valence-electron chi connectivity index (χ1n) is 7.15. The number of hydrogen-bond acceptors (Lipinski definition) is 2. The van der Waals surface area contributed by atoms with Gasteiger partial charge in [-0.15, -0.1) is 0 Å². The van der Waals surface area contributed by atoms with Crippen LogP contribution in [0.3, 0.4) is 0 Å². The van der Waals surface area contributed by atoms with Crippen LogP contribution in [0.4, 0.5) is 0 Å². The third kappa shape index (κ3) is 3.98. The highest BCUT2D eigenvalue weighted by Gasteiger charge is 2.31. The molecule has 2 rings (SSSR count). The largest absolute Gasteiger partial charge is 0.356 e. The van der Waals surface area contributed by atoms with E-state index in [0.717, 1.165) is 38.4 Å². The minimum Gasteiger partial charge on any atom is -0.356 e. The van der Waals surface area contributed by atoms with Gasteiger partial charge < -0.3 is 10.6 Å². The van der Waals surface area contributed by atoms with Gasteiger partial charge in [0.05, 0.1) is 0 Å². The summed E-state index contributed by atoms with van der Waals surface area (Å²) in [6, 6.07) is 0. The van der Waals surface area contributed by atoms with E-state index < -0.39 is 0 Å². The summed E-state index contributed by atoms with van der Waals surface area (Å²) in [4.78, 5) is 11.7. The lowest BCUT2D eigenvalue weighted by atomic mass is 9.70. The molecule has 1 aliphatic carbocycles. The number of piperidine rings is 1. The van der Waals surface area contributed by atoms with Crippen molar-refractivity contribution in [2.24, 2.45) is 11.3 Å². The molecule has 1 amide bonds. The Morgan fingerprint density at radius 3 is 2.65 bits per heavy atom. The van der Waals surface area contributed by atoms with Crippen LogP contribution in [0.25, 0.3) is 0 Å². The predicted octanol–water partition coefficient (Wildman–Crippen LogP) is 2.07. The summed E-state index contributed by atoms with van der Waals surface area (Å²) in [5.41, 5.74) is 0.407. The van der Waals surface area contributed by atoms with Gasteiger partial charge in [-0.25, -0.2) is 0 Å². The summed E-state index contributed by atoms with van der Waals surface area (Å²) < 4.78 is 0. The molecule has 2 fully saturated rings. The Morgan fingerprint density at radius 1 is 1.35 bits per heavy atom. The van der Waals surface area contributed by atoms with E-state index in [1.54, 1.807) is 0 Å². The van der Waals surface area contributed by atoms with Crippen LogP contribution in [-0.2, 0) is 4.79 Å². The maximum atomic E-state index is 11.7. The van der Waals surface area contributed by atoms with E-state index >= 15 is 0 Å². The third-order valence-electron chi connectivity index (χ3n) is 4.51. The predicted molar refractivity (Wildman–Crippen MR) is 69.8 cm³/mol. The summed E-state index contributed by atoms with van der Waals surface area (Å²) >= 11 is 0. The Morgan fingerprint density at radius 2 is 2.06 bits per heavy atom. The van der Waals surface area contributed by atoms with E-state index in [0.29, 0.717) is 5.41 Å². The van der Waals surface area contributed by atoms with Crippen molar-refractivity contribution in [2.45, 2.75) is 51.9 Å². The average molecular weight is 238 g/mol. The lowest BCUT2D eigenvalue weighted by Crippen LogP contribution is -2.40. The molecule has 0 unspecified atom stereocenters. The number of carbonyl (C=O) groups is 1. The molecule has 2 aliphatic rings. The molecule has 0 aromatic carbocycles. The highest BCUT2D eigenvalue weighted by molar-refractivity contribution is 5.75. The van der Waals surface area contributed by atoms with Crippen molar-refractivity contribution in [3.63, 3.8) is 0 Å². The van der Waals surface area contributed by atoms with Gasteiger partial charge >= 0.3 is 0 Å². The topological polar surface area (TPSA) is 41.1 Å². The lowest BCUT2D eigenvalue weighted by Gasteiger charge is -2.38. The molecular formula is C14H26N2O. The fourth-order valence-corrected chi connectivity index (χ4v) is 2.86. The van der Waals surface area contributed by atoms with Crippen molar-refractivity contribution < 1.29 is 4.79 Å². The Hall–Kier alpha value is -0.570. The zero-order valence-corrected chi connectivity index (χ0v) is 11.1. The first-order valence-corrected chi connectivity index (χ1v) is 7.15. The van der Waals surface area contributed by atoms with Gasteiger partial charge in [-0.1, -0.05) is 13.3 Å². The second-order valence-electron chi connectivity index (χ2n) is 6.17. The molecular weight excluding hydrogens is 212 g/mol. The molecule has 17 heavy (non-hydrogen) atoms. The molecule has 1 saturated carbocycles. The van der Waals surface area contributed by atoms with Crippen LogP contribution in [0.15, 0.2) is 0 Å². The van der Waals surface area contributed by atoms with E-state index in [1.807, 2.05) is 0 Å². The summed E-state index contributed by atoms with van der Waals surface area (Å²) in [5, 5.41) is 6.47. The van der Waals surface area contributed by atoms with Crippen LogP contribution in [0.2, 0.25) is 0 Å². The Labute approximate surface area is 105 Å². The van der Waals surface area contributed by atoms with Crippen LogP contribution in [0.5, 0.6) is 0 Å². The van der Waals surface area contributed by atoms with E-state index in [2.05, 4.69) is 17.6 Å². The van der Waals surface area contributed by atoms with Gasteiger partial charge in [0.2, 0.25) is 5.91 Å². The molecule has 0 radical (unpaired) electrons. The van der Waals surface area contributed by atoms with Crippen LogP contribution in [-0.4, -0.2) is 25.5 Å². The summed E-state index contributed by atoms with van der Waals surface area (Å²) in [6.07, 6.45) is 8.17. The highest BCUT2D eigenvalue weighted by Crippen LogP contribution is 2.39. The zero-order chi connectivity index (χ0) is 12.1. The van der Waals surface area contributed by atoms with Crippen LogP contribution in [0, 0.1) is 11.3 Å². The van der Waals surface area contributed by atoms with E-state index in [1.165, 1.54) is 32.1 Å². The maximum absolute atomic E-state index is 11.7. The number of hydrogen-bond donors (Lipinski definition) is 2. The van der Waals surface area contributed by atoms with Crippen molar-refractivity contribution >= 4 is 5.91 Å². The van der Waals surface area contributed by atoms with Crippen molar-refractivity contribution in [3.8, 4) is 0 Å². The van der Waals surface area contributed by atoms with Crippen molar-refractivity contribution in [1.82, 2.24) is 10.6 Å². The fourth-order valence-electron chi connectivity index (χ4n) is 2.86. The lowest BCUT2D eigenvalue weighted by molar-refractivity contribution is -0.122. The van der Waals surface area contributed by atoms with Crippen molar-refractivity contribution in [1.29, 1.82) is 0 Å². The van der Waals surface area contributed by atoms with Crippen LogP contribution in [0.1, 0.15) is 51.9 Å². The first kappa shape index (κ1) is 12.9. The normalized spacial score (nSPS) is 24.1. The summed E-state index contributed by atoms with van der Waals surface area (Å²) in [6.45, 7) is 5.43. The Bertz CT molecular complexity index is 255. The molecule has 1 aliphatic heterocycles. The molecule has 3 heteroatoms. The molecule has 0 aromatic rings.